The van der Waals surface area contributed by atoms with Gasteiger partial charge < -0.3 is 14.5 Å². The summed E-state index contributed by atoms with van der Waals surface area (Å²) in [5.74, 6) is 4.12. The number of fused-ring (bicyclic) bond motifs is 1. The zero-order chi connectivity index (χ0) is 14.1. The Labute approximate surface area is 126 Å². The molecule has 1 aliphatic rings. The number of hydrogen-bond donors (Lipinski definition) is 1. The van der Waals surface area contributed by atoms with Gasteiger partial charge in [-0.3, -0.25) is 0 Å². The second kappa shape index (κ2) is 5.46. The van der Waals surface area contributed by atoms with E-state index in [9.17, 15) is 0 Å². The van der Waals surface area contributed by atoms with E-state index >= 15 is 0 Å². The number of methoxy groups -OCH3 is 2. The maximum absolute atomic E-state index is 5.38. The van der Waals surface area contributed by atoms with Gasteiger partial charge in [-0.05, 0) is 12.1 Å². The molecule has 0 unspecified atom stereocenters. The van der Waals surface area contributed by atoms with E-state index in [1.54, 1.807) is 14.2 Å². The summed E-state index contributed by atoms with van der Waals surface area (Å²) in [7, 11) is 3.26. The van der Waals surface area contributed by atoms with Gasteiger partial charge in [-0.2, -0.15) is 11.8 Å². The molecule has 0 spiro atoms. The first-order valence-electron chi connectivity index (χ1n) is 6.14. The Balaban J connectivity index is 2.13. The molecule has 1 aliphatic heterocycles. The van der Waals surface area contributed by atoms with E-state index in [0.717, 1.165) is 40.0 Å². The average molecular weight is 306 g/mol. The lowest BCUT2D eigenvalue weighted by atomic mass is 10.1. The Morgan fingerprint density at radius 1 is 1.15 bits per heavy atom. The van der Waals surface area contributed by atoms with Crippen molar-refractivity contribution in [1.82, 2.24) is 9.97 Å². The predicted molar refractivity (Wildman–Crippen MR) is 83.0 cm³/mol. The molecule has 6 heteroatoms. The van der Waals surface area contributed by atoms with Crippen molar-refractivity contribution in [3.8, 4) is 22.9 Å². The number of hydrogen-bond acceptors (Lipinski definition) is 5. The van der Waals surface area contributed by atoms with Crippen molar-refractivity contribution in [1.29, 1.82) is 0 Å². The molecule has 0 aliphatic carbocycles. The molecule has 0 radical (unpaired) electrons. The Hall–Kier alpha value is -1.53. The smallest absolute Gasteiger partial charge is 0.139 e. The minimum absolute atomic E-state index is 0.681. The van der Waals surface area contributed by atoms with E-state index in [1.165, 1.54) is 5.69 Å². The summed E-state index contributed by atoms with van der Waals surface area (Å²) in [6.07, 6.45) is 0. The lowest BCUT2D eigenvalue weighted by molar-refractivity contribution is 0.394. The van der Waals surface area contributed by atoms with Gasteiger partial charge in [0.25, 0.3) is 0 Å². The molecule has 0 amide bonds. The molecule has 1 N–H and O–H groups in total. The number of nitrogens with zero attached hydrogens (tertiary/aromatic N) is 1. The highest BCUT2D eigenvalue weighted by Crippen LogP contribution is 2.32. The Kier molecular flexibility index (Phi) is 3.67. The molecule has 0 bridgehead atoms. The van der Waals surface area contributed by atoms with Gasteiger partial charge >= 0.3 is 0 Å². The van der Waals surface area contributed by atoms with Crippen LogP contribution in [0.15, 0.2) is 18.2 Å². The maximum atomic E-state index is 5.38. The first-order valence-corrected chi connectivity index (χ1v) is 7.71. The van der Waals surface area contributed by atoms with Gasteiger partial charge in [0.2, 0.25) is 0 Å². The van der Waals surface area contributed by atoms with Crippen LogP contribution in [0.3, 0.4) is 0 Å². The average Bonchev–Trinajstić information content (AvgIpc) is 2.95. The molecule has 20 heavy (non-hydrogen) atoms. The summed E-state index contributed by atoms with van der Waals surface area (Å²) in [5, 5.41) is 0. The van der Waals surface area contributed by atoms with Gasteiger partial charge in [-0.15, -0.1) is 0 Å². The van der Waals surface area contributed by atoms with Crippen LogP contribution in [-0.4, -0.2) is 24.2 Å². The summed E-state index contributed by atoms with van der Waals surface area (Å²) in [6, 6.07) is 5.68. The zero-order valence-electron chi connectivity index (χ0n) is 11.2. The molecule has 0 saturated heterocycles. The molecule has 1 aromatic carbocycles. The third-order valence-corrected chi connectivity index (χ3v) is 4.55. The second-order valence-corrected chi connectivity index (χ2v) is 5.81. The third kappa shape index (κ3) is 2.41. The predicted octanol–water partition coefficient (Wildman–Crippen LogP) is 3.57. The van der Waals surface area contributed by atoms with Crippen molar-refractivity contribution in [2.75, 3.05) is 14.2 Å². The van der Waals surface area contributed by atoms with Crippen LogP contribution in [0.5, 0.6) is 11.5 Å². The maximum Gasteiger partial charge on any atom is 0.139 e. The van der Waals surface area contributed by atoms with E-state index < -0.39 is 0 Å². The summed E-state index contributed by atoms with van der Waals surface area (Å²) in [6.45, 7) is 0. The lowest BCUT2D eigenvalue weighted by Gasteiger charge is -2.09. The fourth-order valence-corrected chi connectivity index (χ4v) is 3.60. The molecule has 4 nitrogen and oxygen atoms in total. The molecular weight excluding hydrogens is 292 g/mol. The molecule has 0 fully saturated rings. The van der Waals surface area contributed by atoms with Crippen LogP contribution in [0.2, 0.25) is 0 Å². The minimum atomic E-state index is 0.681. The van der Waals surface area contributed by atoms with Crippen molar-refractivity contribution < 1.29 is 9.47 Å². The van der Waals surface area contributed by atoms with Gasteiger partial charge in [0, 0.05) is 34.4 Å². The molecule has 1 aromatic heterocycles. The van der Waals surface area contributed by atoms with Gasteiger partial charge in [-0.25, -0.2) is 4.98 Å². The second-order valence-electron chi connectivity index (χ2n) is 4.44. The van der Waals surface area contributed by atoms with Crippen LogP contribution in [0.1, 0.15) is 11.3 Å². The highest BCUT2D eigenvalue weighted by atomic mass is 32.2. The number of nitrogens with one attached hydrogen (secondary N) is 1. The van der Waals surface area contributed by atoms with Gasteiger partial charge in [-0.1, -0.05) is 12.2 Å². The molecule has 2 aromatic rings. The van der Waals surface area contributed by atoms with Gasteiger partial charge in [0.05, 0.1) is 14.2 Å². The Morgan fingerprint density at radius 3 is 2.50 bits per heavy atom. The van der Waals surface area contributed by atoms with E-state index in [1.807, 2.05) is 30.0 Å². The van der Waals surface area contributed by atoms with Crippen molar-refractivity contribution in [2.45, 2.75) is 11.5 Å². The van der Waals surface area contributed by atoms with Crippen LogP contribution < -0.4 is 9.47 Å². The third-order valence-electron chi connectivity index (χ3n) is 3.22. The number of benzene rings is 1. The van der Waals surface area contributed by atoms with Crippen LogP contribution in [0.4, 0.5) is 0 Å². The summed E-state index contributed by atoms with van der Waals surface area (Å²) < 4.78 is 11.3. The highest BCUT2D eigenvalue weighted by Gasteiger charge is 2.16. The number of H-pyrrole nitrogens is 1. The van der Waals surface area contributed by atoms with E-state index in [2.05, 4.69) is 9.97 Å². The summed E-state index contributed by atoms with van der Waals surface area (Å²) in [4.78, 5) is 7.88. The van der Waals surface area contributed by atoms with E-state index in [-0.39, 0.29) is 0 Å². The minimum Gasteiger partial charge on any atom is -0.497 e. The topological polar surface area (TPSA) is 47.1 Å². The summed E-state index contributed by atoms with van der Waals surface area (Å²) in [5.41, 5.74) is 3.24. The van der Waals surface area contributed by atoms with Gasteiger partial charge in [0.1, 0.15) is 22.0 Å². The normalized spacial score (nSPS) is 13.1. The van der Waals surface area contributed by atoms with Crippen LogP contribution in [-0.2, 0) is 11.5 Å². The lowest BCUT2D eigenvalue weighted by Crippen LogP contribution is -1.98. The van der Waals surface area contributed by atoms with Crippen LogP contribution >= 0.6 is 24.0 Å². The SMILES string of the molecule is COc1cc(OC)cc(-c2nc(=S)c3c([nH]2)CSC3)c1. The molecule has 3 rings (SSSR count). The molecule has 104 valence electrons. The molecule has 0 atom stereocenters. The van der Waals surface area contributed by atoms with Crippen molar-refractivity contribution >= 4 is 24.0 Å². The largest absolute Gasteiger partial charge is 0.497 e. The zero-order valence-corrected chi connectivity index (χ0v) is 12.9. The van der Waals surface area contributed by atoms with Gasteiger partial charge in [0.15, 0.2) is 0 Å². The van der Waals surface area contributed by atoms with Crippen molar-refractivity contribution in [2.24, 2.45) is 0 Å². The molecular formula is C14H14N2O2S2. The number of aromatic amines is 1. The molecule has 0 saturated carbocycles. The fourth-order valence-electron chi connectivity index (χ4n) is 2.15. The fraction of sp³-hybridized carbons (Fsp3) is 0.286. The van der Waals surface area contributed by atoms with Crippen LogP contribution in [0, 0.1) is 4.64 Å². The number of thioether (sulfide) groups is 1. The Bertz CT molecular complexity index is 691. The van der Waals surface area contributed by atoms with Crippen molar-refractivity contribution in [3.05, 3.63) is 34.1 Å². The van der Waals surface area contributed by atoms with Crippen LogP contribution in [0.25, 0.3) is 11.4 Å². The number of rotatable bonds is 3. The van der Waals surface area contributed by atoms with E-state index in [4.69, 9.17) is 21.7 Å². The first-order chi connectivity index (χ1) is 9.71. The molecule has 2 heterocycles. The highest BCUT2D eigenvalue weighted by molar-refractivity contribution is 7.98. The quantitative estimate of drug-likeness (QED) is 0.878. The number of ether oxygens (including phenoxy) is 2. The first kappa shape index (κ1) is 13.5. The summed E-state index contributed by atoms with van der Waals surface area (Å²) >= 11 is 7.23. The Morgan fingerprint density at radius 2 is 1.85 bits per heavy atom. The monoisotopic (exact) mass is 306 g/mol. The van der Waals surface area contributed by atoms with E-state index in [0.29, 0.717) is 4.64 Å². The number of aromatic nitrogens is 2. The standard InChI is InChI=1S/C14H14N2O2S2/c1-17-9-3-8(4-10(5-9)18-2)13-15-12-7-20-6-11(12)14(19)16-13/h3-5H,6-7H2,1-2H3,(H,15,16,19). The van der Waals surface area contributed by atoms with Crippen molar-refractivity contribution in [3.63, 3.8) is 0 Å².